The molecule has 0 aliphatic carbocycles. The molecule has 0 fully saturated rings. The molecule has 0 unspecified atom stereocenters. The summed E-state index contributed by atoms with van der Waals surface area (Å²) in [5.74, 6) is -0.885. The lowest BCUT2D eigenvalue weighted by molar-refractivity contribution is 0.0734. The second-order valence-corrected chi connectivity index (χ2v) is 9.31. The molecule has 1 amide bonds. The first-order valence-corrected chi connectivity index (χ1v) is 12.0. The summed E-state index contributed by atoms with van der Waals surface area (Å²) < 4.78 is 37.8. The molecule has 0 bridgehead atoms. The number of benzene rings is 2. The molecule has 0 saturated heterocycles. The SMILES string of the molecule is CCN(CC)S(=O)(=O)c1cccc(C(=O)Oc2cccc(NC(=O)c3ccc(Br)o3)c2)c1. The fourth-order valence-corrected chi connectivity index (χ4v) is 4.74. The monoisotopic (exact) mass is 520 g/mol. The minimum Gasteiger partial charge on any atom is -0.444 e. The second-order valence-electron chi connectivity index (χ2n) is 6.59. The zero-order valence-electron chi connectivity index (χ0n) is 17.4. The first-order chi connectivity index (χ1) is 15.2. The number of sulfonamides is 1. The van der Waals surface area contributed by atoms with Gasteiger partial charge in [0.15, 0.2) is 10.4 Å². The lowest BCUT2D eigenvalue weighted by Crippen LogP contribution is -2.30. The maximum Gasteiger partial charge on any atom is 0.343 e. The molecule has 0 aliphatic rings. The van der Waals surface area contributed by atoms with Gasteiger partial charge in [-0.1, -0.05) is 26.0 Å². The zero-order chi connectivity index (χ0) is 23.3. The smallest absolute Gasteiger partial charge is 0.343 e. The van der Waals surface area contributed by atoms with E-state index in [-0.39, 0.29) is 22.0 Å². The summed E-state index contributed by atoms with van der Waals surface area (Å²) in [6.07, 6.45) is 0. The van der Waals surface area contributed by atoms with Crippen molar-refractivity contribution < 1.29 is 27.2 Å². The van der Waals surface area contributed by atoms with Crippen molar-refractivity contribution in [2.45, 2.75) is 18.7 Å². The van der Waals surface area contributed by atoms with Gasteiger partial charge in [0.1, 0.15) is 5.75 Å². The number of rotatable bonds is 8. The van der Waals surface area contributed by atoms with Gasteiger partial charge in [-0.05, 0) is 58.4 Å². The Bertz CT molecular complexity index is 1230. The third kappa shape index (κ3) is 5.45. The molecule has 2 aromatic carbocycles. The molecule has 0 spiro atoms. The summed E-state index contributed by atoms with van der Waals surface area (Å²) in [6, 6.07) is 15.1. The molecule has 32 heavy (non-hydrogen) atoms. The van der Waals surface area contributed by atoms with Crippen LogP contribution in [0, 0.1) is 0 Å². The number of nitrogens with zero attached hydrogens (tertiary/aromatic N) is 1. The van der Waals surface area contributed by atoms with E-state index in [0.29, 0.717) is 23.4 Å². The molecule has 0 saturated carbocycles. The van der Waals surface area contributed by atoms with Crippen LogP contribution in [0.4, 0.5) is 5.69 Å². The van der Waals surface area contributed by atoms with Crippen molar-refractivity contribution in [3.05, 3.63) is 76.7 Å². The number of nitrogens with one attached hydrogen (secondary N) is 1. The van der Waals surface area contributed by atoms with Gasteiger partial charge in [-0.15, -0.1) is 0 Å². The molecule has 1 aromatic heterocycles. The fraction of sp³-hybridized carbons (Fsp3) is 0.182. The van der Waals surface area contributed by atoms with Crippen molar-refractivity contribution in [2.75, 3.05) is 18.4 Å². The molecule has 1 N–H and O–H groups in total. The molecule has 8 nitrogen and oxygen atoms in total. The van der Waals surface area contributed by atoms with Gasteiger partial charge in [0.2, 0.25) is 10.0 Å². The predicted octanol–water partition coefficient (Wildman–Crippen LogP) is 4.54. The minimum absolute atomic E-state index is 0.0151. The number of carbonyl (C=O) groups is 2. The molecule has 10 heteroatoms. The summed E-state index contributed by atoms with van der Waals surface area (Å²) >= 11 is 3.14. The van der Waals surface area contributed by atoms with Crippen molar-refractivity contribution in [1.82, 2.24) is 4.31 Å². The highest BCUT2D eigenvalue weighted by atomic mass is 79.9. The molecule has 3 rings (SSSR count). The van der Waals surface area contributed by atoms with E-state index in [9.17, 15) is 18.0 Å². The lowest BCUT2D eigenvalue weighted by atomic mass is 10.2. The van der Waals surface area contributed by atoms with Gasteiger partial charge in [-0.2, -0.15) is 4.31 Å². The van der Waals surface area contributed by atoms with Crippen LogP contribution < -0.4 is 10.1 Å². The number of carbonyl (C=O) groups excluding carboxylic acids is 2. The number of esters is 1. The number of amides is 1. The predicted molar refractivity (Wildman–Crippen MR) is 122 cm³/mol. The maximum absolute atomic E-state index is 12.7. The highest BCUT2D eigenvalue weighted by molar-refractivity contribution is 9.10. The van der Waals surface area contributed by atoms with Gasteiger partial charge >= 0.3 is 5.97 Å². The molecule has 0 aliphatic heterocycles. The minimum atomic E-state index is -3.71. The van der Waals surface area contributed by atoms with E-state index in [2.05, 4.69) is 21.2 Å². The van der Waals surface area contributed by atoms with Crippen LogP contribution in [0.15, 0.2) is 74.6 Å². The quantitative estimate of drug-likeness (QED) is 0.345. The Balaban J connectivity index is 1.75. The average Bonchev–Trinajstić information content (AvgIpc) is 3.21. The van der Waals surface area contributed by atoms with E-state index in [1.807, 2.05) is 0 Å². The molecular formula is C22H21BrN2O6S. The highest BCUT2D eigenvalue weighted by Gasteiger charge is 2.23. The Morgan fingerprint density at radius 3 is 2.41 bits per heavy atom. The van der Waals surface area contributed by atoms with Crippen molar-refractivity contribution in [3.63, 3.8) is 0 Å². The van der Waals surface area contributed by atoms with Gasteiger partial charge in [0.05, 0.1) is 10.5 Å². The first kappa shape index (κ1) is 23.7. The number of furan rings is 1. The van der Waals surface area contributed by atoms with Crippen LogP contribution in [0.3, 0.4) is 0 Å². The Morgan fingerprint density at radius 2 is 1.75 bits per heavy atom. The molecule has 1 heterocycles. The van der Waals surface area contributed by atoms with Crippen molar-refractivity contribution >= 4 is 43.5 Å². The van der Waals surface area contributed by atoms with Crippen LogP contribution in [-0.4, -0.2) is 37.7 Å². The van der Waals surface area contributed by atoms with E-state index >= 15 is 0 Å². The van der Waals surface area contributed by atoms with Crippen LogP contribution >= 0.6 is 15.9 Å². The number of anilines is 1. The van der Waals surface area contributed by atoms with Crippen LogP contribution in [0.5, 0.6) is 5.75 Å². The first-order valence-electron chi connectivity index (χ1n) is 9.73. The third-order valence-corrected chi connectivity index (χ3v) is 6.98. The van der Waals surface area contributed by atoms with Gasteiger partial charge in [0, 0.05) is 24.8 Å². The van der Waals surface area contributed by atoms with E-state index < -0.39 is 21.9 Å². The largest absolute Gasteiger partial charge is 0.444 e. The summed E-state index contributed by atoms with van der Waals surface area (Å²) in [7, 11) is -3.71. The standard InChI is InChI=1S/C22H21BrN2O6S/c1-3-25(4-2)32(28,29)18-10-5-7-15(13-18)22(27)30-17-9-6-8-16(14-17)24-21(26)19-11-12-20(23)31-19/h5-14H,3-4H2,1-2H3,(H,24,26). The topological polar surface area (TPSA) is 106 Å². The number of hydrogen-bond donors (Lipinski definition) is 1. The Kier molecular flexibility index (Phi) is 7.49. The molecule has 3 aromatic rings. The van der Waals surface area contributed by atoms with Gasteiger partial charge < -0.3 is 14.5 Å². The van der Waals surface area contributed by atoms with E-state index in [4.69, 9.17) is 9.15 Å². The van der Waals surface area contributed by atoms with Gasteiger partial charge in [-0.3, -0.25) is 4.79 Å². The summed E-state index contributed by atoms with van der Waals surface area (Å²) in [5, 5.41) is 2.65. The van der Waals surface area contributed by atoms with Crippen LogP contribution in [0.2, 0.25) is 0 Å². The van der Waals surface area contributed by atoms with Crippen molar-refractivity contribution in [2.24, 2.45) is 0 Å². The van der Waals surface area contributed by atoms with Gasteiger partial charge in [0.25, 0.3) is 5.91 Å². The Labute approximate surface area is 194 Å². The Hall–Kier alpha value is -2.95. The average molecular weight is 521 g/mol. The number of halogens is 1. The molecule has 0 atom stereocenters. The second kappa shape index (κ2) is 10.1. The third-order valence-electron chi connectivity index (χ3n) is 4.51. The van der Waals surface area contributed by atoms with Crippen LogP contribution in [0.1, 0.15) is 34.8 Å². The normalized spacial score (nSPS) is 11.4. The highest BCUT2D eigenvalue weighted by Crippen LogP contribution is 2.22. The van der Waals surface area contributed by atoms with E-state index in [1.165, 1.54) is 40.7 Å². The van der Waals surface area contributed by atoms with Crippen LogP contribution in [-0.2, 0) is 10.0 Å². The molecule has 0 radical (unpaired) electrons. The summed E-state index contributed by atoms with van der Waals surface area (Å²) in [6.45, 7) is 4.13. The van der Waals surface area contributed by atoms with E-state index in [0.717, 1.165) is 0 Å². The van der Waals surface area contributed by atoms with Crippen LogP contribution in [0.25, 0.3) is 0 Å². The van der Waals surface area contributed by atoms with Gasteiger partial charge in [-0.25, -0.2) is 13.2 Å². The maximum atomic E-state index is 12.7. The van der Waals surface area contributed by atoms with Crippen molar-refractivity contribution in [1.29, 1.82) is 0 Å². The molecular weight excluding hydrogens is 500 g/mol. The zero-order valence-corrected chi connectivity index (χ0v) is 19.8. The number of hydrogen-bond acceptors (Lipinski definition) is 6. The molecule has 168 valence electrons. The fourth-order valence-electron chi connectivity index (χ4n) is 2.93. The Morgan fingerprint density at radius 1 is 1.03 bits per heavy atom. The lowest BCUT2D eigenvalue weighted by Gasteiger charge is -2.18. The number of ether oxygens (including phenoxy) is 1. The summed E-state index contributed by atoms with van der Waals surface area (Å²) in [4.78, 5) is 24.9. The van der Waals surface area contributed by atoms with Crippen molar-refractivity contribution in [3.8, 4) is 5.75 Å². The van der Waals surface area contributed by atoms with E-state index in [1.54, 1.807) is 38.1 Å². The summed E-state index contributed by atoms with van der Waals surface area (Å²) in [5.41, 5.74) is 0.485.